The van der Waals surface area contributed by atoms with Gasteiger partial charge in [0, 0.05) is 0 Å². The Morgan fingerprint density at radius 2 is 1.88 bits per heavy atom. The Bertz CT molecular complexity index is 790. The van der Waals surface area contributed by atoms with Crippen LogP contribution in [0.15, 0.2) is 64.8 Å². The van der Waals surface area contributed by atoms with Gasteiger partial charge in [0.25, 0.3) is 0 Å². The molecule has 3 rings (SSSR count). The molecule has 1 aliphatic heterocycles. The van der Waals surface area contributed by atoms with Crippen LogP contribution < -0.4 is 0 Å². The van der Waals surface area contributed by atoms with E-state index in [1.807, 2.05) is 37.3 Å². The molecular weight excluding hydrogens is 337 g/mol. The van der Waals surface area contributed by atoms with Gasteiger partial charge in [0.1, 0.15) is 5.82 Å². The molecule has 0 spiro atoms. The lowest BCUT2D eigenvalue weighted by Gasteiger charge is -2.15. The fraction of sp³-hybridized carbons (Fsp3) is 0.211. The lowest BCUT2D eigenvalue weighted by molar-refractivity contribution is -0.126. The number of carbonyl (C=O) groups is 1. The van der Waals surface area contributed by atoms with Gasteiger partial charge in [0.2, 0.25) is 5.91 Å². The van der Waals surface area contributed by atoms with Gasteiger partial charge in [0.15, 0.2) is 5.17 Å². The summed E-state index contributed by atoms with van der Waals surface area (Å²) < 4.78 is 13.1. The summed E-state index contributed by atoms with van der Waals surface area (Å²) in [5, 5.41) is 8.79. The molecule has 0 unspecified atom stereocenters. The standard InChI is InChI=1S/C19H18FN3OS/c1-2-17-18(24)23(13-15-8-10-16(20)11-9-15)19(25-17)22-21-12-14-6-4-3-5-7-14/h3-12,17H,2,13H2,1H3/b21-12-,22-19-/t17-/m0/s1. The van der Waals surface area contributed by atoms with Crippen LogP contribution in [-0.4, -0.2) is 27.4 Å². The maximum absolute atomic E-state index is 13.1. The van der Waals surface area contributed by atoms with Crippen molar-refractivity contribution in [3.05, 3.63) is 71.5 Å². The molecule has 2 aromatic rings. The minimum atomic E-state index is -0.293. The van der Waals surface area contributed by atoms with E-state index in [2.05, 4.69) is 10.2 Å². The third kappa shape index (κ3) is 4.33. The molecule has 0 bridgehead atoms. The molecule has 1 fully saturated rings. The van der Waals surface area contributed by atoms with Crippen molar-refractivity contribution in [1.82, 2.24) is 4.90 Å². The topological polar surface area (TPSA) is 45.0 Å². The van der Waals surface area contributed by atoms with Crippen molar-refractivity contribution in [3.8, 4) is 0 Å². The lowest BCUT2D eigenvalue weighted by Crippen LogP contribution is -2.31. The third-order valence-corrected chi connectivity index (χ3v) is 5.13. The smallest absolute Gasteiger partial charge is 0.242 e. The largest absolute Gasteiger partial charge is 0.284 e. The maximum Gasteiger partial charge on any atom is 0.242 e. The van der Waals surface area contributed by atoms with E-state index in [4.69, 9.17) is 0 Å². The highest BCUT2D eigenvalue weighted by Crippen LogP contribution is 2.30. The van der Waals surface area contributed by atoms with Crippen molar-refractivity contribution >= 4 is 29.1 Å². The molecule has 128 valence electrons. The Kier molecular flexibility index (Phi) is 5.60. The number of hydrogen-bond donors (Lipinski definition) is 0. The van der Waals surface area contributed by atoms with E-state index in [0.29, 0.717) is 11.7 Å². The van der Waals surface area contributed by atoms with Gasteiger partial charge in [0.05, 0.1) is 18.0 Å². The van der Waals surface area contributed by atoms with Crippen molar-refractivity contribution < 1.29 is 9.18 Å². The number of rotatable bonds is 5. The molecular formula is C19H18FN3OS. The molecule has 2 aromatic carbocycles. The van der Waals surface area contributed by atoms with Crippen LogP contribution in [0.4, 0.5) is 4.39 Å². The number of benzene rings is 2. The first kappa shape index (κ1) is 17.4. The number of hydrogen-bond acceptors (Lipinski definition) is 4. The van der Waals surface area contributed by atoms with E-state index >= 15 is 0 Å². The second-order valence-electron chi connectivity index (χ2n) is 5.60. The van der Waals surface area contributed by atoms with Crippen molar-refractivity contribution in [1.29, 1.82) is 0 Å². The van der Waals surface area contributed by atoms with Crippen LogP contribution in [-0.2, 0) is 11.3 Å². The second kappa shape index (κ2) is 8.07. The first-order valence-electron chi connectivity index (χ1n) is 8.06. The third-order valence-electron chi connectivity index (χ3n) is 3.79. The van der Waals surface area contributed by atoms with Crippen LogP contribution in [0, 0.1) is 5.82 Å². The molecule has 0 N–H and O–H groups in total. The van der Waals surface area contributed by atoms with Gasteiger partial charge in [-0.15, -0.1) is 5.10 Å². The molecule has 25 heavy (non-hydrogen) atoms. The number of halogens is 1. The van der Waals surface area contributed by atoms with E-state index in [9.17, 15) is 9.18 Å². The van der Waals surface area contributed by atoms with E-state index in [1.54, 1.807) is 23.2 Å². The highest BCUT2D eigenvalue weighted by atomic mass is 32.2. The fourth-order valence-corrected chi connectivity index (χ4v) is 3.47. The van der Waals surface area contributed by atoms with Gasteiger partial charge in [-0.2, -0.15) is 5.10 Å². The monoisotopic (exact) mass is 355 g/mol. The summed E-state index contributed by atoms with van der Waals surface area (Å²) in [5.41, 5.74) is 1.80. The van der Waals surface area contributed by atoms with Gasteiger partial charge in [-0.1, -0.05) is 61.2 Å². The van der Waals surface area contributed by atoms with E-state index in [-0.39, 0.29) is 17.0 Å². The number of carbonyl (C=O) groups excluding carboxylic acids is 1. The molecule has 4 nitrogen and oxygen atoms in total. The Morgan fingerprint density at radius 3 is 2.56 bits per heavy atom. The van der Waals surface area contributed by atoms with Crippen molar-refractivity contribution in [3.63, 3.8) is 0 Å². The first-order valence-corrected chi connectivity index (χ1v) is 8.94. The molecule has 1 amide bonds. The molecule has 1 aliphatic rings. The molecule has 1 saturated heterocycles. The SMILES string of the molecule is CC[C@@H]1S/C(=N\N=C/c2ccccc2)N(Cc2ccc(F)cc2)C1=O. The molecule has 0 aromatic heterocycles. The van der Waals surface area contributed by atoms with Gasteiger partial charge in [-0.3, -0.25) is 9.69 Å². The summed E-state index contributed by atoms with van der Waals surface area (Å²) in [5.74, 6) is -0.274. The van der Waals surface area contributed by atoms with E-state index in [0.717, 1.165) is 17.5 Å². The fourth-order valence-electron chi connectivity index (χ4n) is 2.45. The van der Waals surface area contributed by atoms with Gasteiger partial charge < -0.3 is 0 Å². The normalized spacial score (nSPS) is 19.3. The highest BCUT2D eigenvalue weighted by molar-refractivity contribution is 8.15. The average Bonchev–Trinajstić information content (AvgIpc) is 2.93. The summed E-state index contributed by atoms with van der Waals surface area (Å²) in [4.78, 5) is 14.2. The van der Waals surface area contributed by atoms with Crippen LogP contribution in [0.25, 0.3) is 0 Å². The Labute approximate surface area is 150 Å². The average molecular weight is 355 g/mol. The first-order chi connectivity index (χ1) is 12.2. The van der Waals surface area contributed by atoms with Crippen LogP contribution in [0.3, 0.4) is 0 Å². The molecule has 0 saturated carbocycles. The van der Waals surface area contributed by atoms with Crippen LogP contribution >= 0.6 is 11.8 Å². The predicted molar refractivity (Wildman–Crippen MR) is 100 cm³/mol. The quantitative estimate of drug-likeness (QED) is 0.599. The van der Waals surface area contributed by atoms with Crippen LogP contribution in [0.5, 0.6) is 0 Å². The van der Waals surface area contributed by atoms with E-state index in [1.165, 1.54) is 23.9 Å². The number of nitrogens with zero attached hydrogens (tertiary/aromatic N) is 3. The maximum atomic E-state index is 13.1. The molecule has 6 heteroatoms. The minimum absolute atomic E-state index is 0.0190. The van der Waals surface area contributed by atoms with Crippen molar-refractivity contribution in [2.75, 3.05) is 0 Å². The summed E-state index contributed by atoms with van der Waals surface area (Å²) in [6.07, 6.45) is 2.39. The zero-order chi connectivity index (χ0) is 17.6. The van der Waals surface area contributed by atoms with Crippen LogP contribution in [0.2, 0.25) is 0 Å². The van der Waals surface area contributed by atoms with Gasteiger partial charge in [-0.25, -0.2) is 4.39 Å². The Hall–Kier alpha value is -2.47. The molecule has 1 atom stereocenters. The predicted octanol–water partition coefficient (Wildman–Crippen LogP) is 4.07. The number of amides is 1. The summed E-state index contributed by atoms with van der Waals surface area (Å²) in [7, 11) is 0. The Balaban J connectivity index is 1.79. The zero-order valence-electron chi connectivity index (χ0n) is 13.8. The lowest BCUT2D eigenvalue weighted by atomic mass is 10.2. The number of amidine groups is 1. The van der Waals surface area contributed by atoms with Crippen LogP contribution in [0.1, 0.15) is 24.5 Å². The second-order valence-corrected chi connectivity index (χ2v) is 6.77. The van der Waals surface area contributed by atoms with E-state index < -0.39 is 0 Å². The van der Waals surface area contributed by atoms with Crippen molar-refractivity contribution in [2.24, 2.45) is 10.2 Å². The van der Waals surface area contributed by atoms with Gasteiger partial charge >= 0.3 is 0 Å². The van der Waals surface area contributed by atoms with Crippen molar-refractivity contribution in [2.45, 2.75) is 25.1 Å². The zero-order valence-corrected chi connectivity index (χ0v) is 14.6. The molecule has 0 radical (unpaired) electrons. The Morgan fingerprint density at radius 1 is 1.16 bits per heavy atom. The van der Waals surface area contributed by atoms with Gasteiger partial charge in [-0.05, 0) is 29.7 Å². The summed E-state index contributed by atoms with van der Waals surface area (Å²) in [6.45, 7) is 2.34. The summed E-state index contributed by atoms with van der Waals surface area (Å²) in [6, 6.07) is 15.8. The highest BCUT2D eigenvalue weighted by Gasteiger charge is 2.36. The minimum Gasteiger partial charge on any atom is -0.284 e. The molecule has 1 heterocycles. The number of thioether (sulfide) groups is 1. The molecule has 0 aliphatic carbocycles. The summed E-state index contributed by atoms with van der Waals surface area (Å²) >= 11 is 1.42.